The van der Waals surface area contributed by atoms with Crippen molar-refractivity contribution in [1.29, 1.82) is 0 Å². The van der Waals surface area contributed by atoms with Crippen LogP contribution >= 0.6 is 0 Å². The Labute approximate surface area is 194 Å². The van der Waals surface area contributed by atoms with Crippen LogP contribution in [0.5, 0.6) is 0 Å². The highest BCUT2D eigenvalue weighted by molar-refractivity contribution is 5.69. The molecule has 1 atom stereocenters. The second-order valence-corrected chi connectivity index (χ2v) is 8.84. The van der Waals surface area contributed by atoms with Gasteiger partial charge in [-0.1, -0.05) is 37.3 Å². The smallest absolute Gasteiger partial charge is 0.416 e. The summed E-state index contributed by atoms with van der Waals surface area (Å²) in [6, 6.07) is 10.00. The molecule has 0 saturated heterocycles. The van der Waals surface area contributed by atoms with Crippen molar-refractivity contribution in [1.82, 2.24) is 5.32 Å². The van der Waals surface area contributed by atoms with Crippen LogP contribution < -0.4 is 5.32 Å². The number of hydrogen-bond donors (Lipinski definition) is 1. The molecular formula is C24H27F6NO3. The predicted molar refractivity (Wildman–Crippen MR) is 114 cm³/mol. The number of alkyl halides is 6. The van der Waals surface area contributed by atoms with Crippen molar-refractivity contribution in [2.24, 2.45) is 0 Å². The van der Waals surface area contributed by atoms with E-state index in [0.717, 1.165) is 0 Å². The van der Waals surface area contributed by atoms with E-state index in [-0.39, 0.29) is 18.2 Å². The first-order chi connectivity index (χ1) is 15.6. The van der Waals surface area contributed by atoms with Crippen molar-refractivity contribution in [2.75, 3.05) is 6.61 Å². The maximum absolute atomic E-state index is 13.1. The lowest BCUT2D eigenvalue weighted by atomic mass is 9.88. The molecule has 0 bridgehead atoms. The third-order valence-electron chi connectivity index (χ3n) is 4.93. The number of ether oxygens (including phenoxy) is 2. The van der Waals surface area contributed by atoms with Crippen molar-refractivity contribution in [2.45, 2.75) is 64.2 Å². The molecule has 34 heavy (non-hydrogen) atoms. The summed E-state index contributed by atoms with van der Waals surface area (Å²) >= 11 is 0. The van der Waals surface area contributed by atoms with Crippen molar-refractivity contribution < 1.29 is 40.6 Å². The molecule has 0 heterocycles. The van der Waals surface area contributed by atoms with Gasteiger partial charge < -0.3 is 14.8 Å². The van der Waals surface area contributed by atoms with Gasteiger partial charge in [0.25, 0.3) is 0 Å². The van der Waals surface area contributed by atoms with E-state index in [9.17, 15) is 31.1 Å². The topological polar surface area (TPSA) is 47.6 Å². The second-order valence-electron chi connectivity index (χ2n) is 8.84. The second kappa shape index (κ2) is 10.2. The Kier molecular flexibility index (Phi) is 8.29. The van der Waals surface area contributed by atoms with E-state index in [1.165, 1.54) is 0 Å². The van der Waals surface area contributed by atoms with Gasteiger partial charge in [-0.25, -0.2) is 4.79 Å². The average Bonchev–Trinajstić information content (AvgIpc) is 2.71. The molecule has 2 rings (SSSR count). The summed E-state index contributed by atoms with van der Waals surface area (Å²) in [6.45, 7) is 6.07. The van der Waals surface area contributed by atoms with E-state index < -0.39 is 47.3 Å². The first-order valence-corrected chi connectivity index (χ1v) is 10.5. The van der Waals surface area contributed by atoms with E-state index in [2.05, 4.69) is 5.32 Å². The number of alkyl carbamates (subject to hydrolysis) is 1. The van der Waals surface area contributed by atoms with Gasteiger partial charge in [0.15, 0.2) is 0 Å². The van der Waals surface area contributed by atoms with Crippen molar-refractivity contribution in [3.05, 3.63) is 70.8 Å². The zero-order valence-electron chi connectivity index (χ0n) is 19.2. The van der Waals surface area contributed by atoms with Crippen LogP contribution in [0.4, 0.5) is 31.1 Å². The third kappa shape index (κ3) is 7.65. The Morgan fingerprint density at radius 2 is 1.38 bits per heavy atom. The Morgan fingerprint density at radius 1 is 0.853 bits per heavy atom. The lowest BCUT2D eigenvalue weighted by Gasteiger charge is -2.35. The van der Waals surface area contributed by atoms with Crippen LogP contribution in [0.1, 0.15) is 56.4 Å². The Hall–Kier alpha value is -2.75. The van der Waals surface area contributed by atoms with E-state index in [1.807, 2.05) is 0 Å². The van der Waals surface area contributed by atoms with E-state index in [1.54, 1.807) is 58.0 Å². The molecule has 0 saturated carbocycles. The monoisotopic (exact) mass is 491 g/mol. The van der Waals surface area contributed by atoms with E-state index in [0.29, 0.717) is 24.1 Å². The maximum Gasteiger partial charge on any atom is 0.416 e. The van der Waals surface area contributed by atoms with Gasteiger partial charge in [0.1, 0.15) is 5.60 Å². The van der Waals surface area contributed by atoms with Gasteiger partial charge in [-0.3, -0.25) is 0 Å². The van der Waals surface area contributed by atoms with Gasteiger partial charge in [-0.2, -0.15) is 26.3 Å². The van der Waals surface area contributed by atoms with Gasteiger partial charge >= 0.3 is 18.4 Å². The Bertz CT molecular complexity index is 935. The minimum atomic E-state index is -4.95. The van der Waals surface area contributed by atoms with Crippen LogP contribution in [0.2, 0.25) is 0 Å². The summed E-state index contributed by atoms with van der Waals surface area (Å²) in [4.78, 5) is 12.5. The molecule has 2 aromatic rings. The third-order valence-corrected chi connectivity index (χ3v) is 4.93. The average molecular weight is 491 g/mol. The molecular weight excluding hydrogens is 464 g/mol. The highest BCUT2D eigenvalue weighted by atomic mass is 19.4. The molecule has 0 spiro atoms. The number of rotatable bonds is 7. The summed E-state index contributed by atoms with van der Waals surface area (Å²) in [5.41, 5.74) is -4.40. The van der Waals surface area contributed by atoms with Crippen molar-refractivity contribution in [3.63, 3.8) is 0 Å². The zero-order chi connectivity index (χ0) is 25.8. The summed E-state index contributed by atoms with van der Waals surface area (Å²) in [7, 11) is 0. The molecule has 1 amide bonds. The number of hydrogen-bond acceptors (Lipinski definition) is 3. The predicted octanol–water partition coefficient (Wildman–Crippen LogP) is 7.07. The van der Waals surface area contributed by atoms with Crippen molar-refractivity contribution in [3.8, 4) is 0 Å². The number of nitrogens with one attached hydrogen (secondary N) is 1. The summed E-state index contributed by atoms with van der Waals surface area (Å²) in [6.07, 6.45) is -10.3. The molecule has 2 aromatic carbocycles. The zero-order valence-corrected chi connectivity index (χ0v) is 19.2. The lowest BCUT2D eigenvalue weighted by molar-refractivity contribution is -0.143. The molecule has 0 aliphatic carbocycles. The minimum absolute atomic E-state index is 0.0634. The summed E-state index contributed by atoms with van der Waals surface area (Å²) in [5, 5.41) is 2.76. The Balaban J connectivity index is 2.31. The fraction of sp³-hybridized carbons (Fsp3) is 0.458. The number of carbonyl (C=O) groups excluding carboxylic acids is 1. The number of carbonyl (C=O) groups is 1. The molecule has 0 aromatic heterocycles. The molecule has 188 valence electrons. The summed E-state index contributed by atoms with van der Waals surface area (Å²) < 4.78 is 89.7. The van der Waals surface area contributed by atoms with E-state index >= 15 is 0 Å². The van der Waals surface area contributed by atoms with Crippen LogP contribution in [0.3, 0.4) is 0 Å². The molecule has 1 unspecified atom stereocenters. The standard InChI is InChI=1S/C24H27F6NO3/c1-5-22(17-9-7-6-8-10-17,31-20(32)34-21(2,3)4)15-33-14-16-11-18(23(25,26)27)13-19(12-16)24(28,29)30/h6-13H,5,14-15H2,1-4H3,(H,31,32). The molecule has 0 aliphatic rings. The number of benzene rings is 2. The van der Waals surface area contributed by atoms with Crippen LogP contribution in [-0.4, -0.2) is 18.3 Å². The van der Waals surface area contributed by atoms with Crippen LogP contribution in [-0.2, 0) is 34.0 Å². The van der Waals surface area contributed by atoms with Crippen LogP contribution in [0.25, 0.3) is 0 Å². The maximum atomic E-state index is 13.1. The molecule has 1 N–H and O–H groups in total. The first-order valence-electron chi connectivity index (χ1n) is 10.5. The molecule has 0 radical (unpaired) electrons. The Morgan fingerprint density at radius 3 is 1.82 bits per heavy atom. The van der Waals surface area contributed by atoms with Gasteiger partial charge in [-0.15, -0.1) is 0 Å². The van der Waals surface area contributed by atoms with Crippen LogP contribution in [0, 0.1) is 0 Å². The molecule has 0 fully saturated rings. The first kappa shape index (κ1) is 27.5. The largest absolute Gasteiger partial charge is 0.444 e. The fourth-order valence-electron chi connectivity index (χ4n) is 3.29. The molecule has 10 heteroatoms. The van der Waals surface area contributed by atoms with Gasteiger partial charge in [-0.05, 0) is 56.5 Å². The number of halogens is 6. The van der Waals surface area contributed by atoms with Gasteiger partial charge in [0, 0.05) is 0 Å². The molecule has 4 nitrogen and oxygen atoms in total. The van der Waals surface area contributed by atoms with Gasteiger partial charge in [0.05, 0.1) is 29.9 Å². The van der Waals surface area contributed by atoms with Gasteiger partial charge in [0.2, 0.25) is 0 Å². The number of amides is 1. The van der Waals surface area contributed by atoms with E-state index in [4.69, 9.17) is 9.47 Å². The summed E-state index contributed by atoms with van der Waals surface area (Å²) in [5.74, 6) is 0. The minimum Gasteiger partial charge on any atom is -0.444 e. The highest BCUT2D eigenvalue weighted by Crippen LogP contribution is 2.36. The highest BCUT2D eigenvalue weighted by Gasteiger charge is 2.37. The molecule has 0 aliphatic heterocycles. The fourth-order valence-corrected chi connectivity index (χ4v) is 3.29. The quantitative estimate of drug-likeness (QED) is 0.422. The van der Waals surface area contributed by atoms with Crippen LogP contribution in [0.15, 0.2) is 48.5 Å². The normalized spacial score (nSPS) is 14.4. The lowest BCUT2D eigenvalue weighted by Crippen LogP contribution is -2.50. The van der Waals surface area contributed by atoms with Crippen molar-refractivity contribution >= 4 is 6.09 Å². The SMILES string of the molecule is CCC(COCc1cc(C(F)(F)F)cc(C(F)(F)F)c1)(NC(=O)OC(C)(C)C)c1ccccc1.